The minimum absolute atomic E-state index is 0. The zero-order valence-electron chi connectivity index (χ0n) is 21.1. The fraction of sp³-hybridized carbons (Fsp3) is 0.640. The van der Waals surface area contributed by atoms with E-state index >= 15 is 0 Å². The molecule has 11 heteroatoms. The van der Waals surface area contributed by atoms with Gasteiger partial charge in [-0.3, -0.25) is 9.59 Å². The summed E-state index contributed by atoms with van der Waals surface area (Å²) >= 11 is 0. The summed E-state index contributed by atoms with van der Waals surface area (Å²) in [6.45, 7) is 3.08. The fourth-order valence-electron chi connectivity index (χ4n) is 4.40. The first-order valence-electron chi connectivity index (χ1n) is 12.1. The lowest BCUT2D eigenvalue weighted by Gasteiger charge is -2.40. The molecule has 3 atom stereocenters. The molecule has 2 N–H and O–H groups in total. The number of rotatable bonds is 10. The van der Waals surface area contributed by atoms with E-state index < -0.39 is 29.9 Å². The van der Waals surface area contributed by atoms with Crippen molar-refractivity contribution >= 4 is 28.9 Å². The topological polar surface area (TPSA) is 112 Å². The number of ether oxygens (including phenoxy) is 4. The number of alkyl carbamates (subject to hydrolysis) is 1. The van der Waals surface area contributed by atoms with Gasteiger partial charge in [0.05, 0.1) is 38.3 Å². The minimum Gasteiger partial charge on any atom is -1.00 e. The van der Waals surface area contributed by atoms with Gasteiger partial charge in [-0.25, -0.2) is 4.79 Å². The number of benzene rings is 1. The Morgan fingerprint density at radius 2 is 1.83 bits per heavy atom. The van der Waals surface area contributed by atoms with Crippen LogP contribution in [-0.4, -0.2) is 73.9 Å². The van der Waals surface area contributed by atoms with Crippen molar-refractivity contribution in [3.63, 3.8) is 0 Å². The highest BCUT2D eigenvalue weighted by atomic mass is 127. The zero-order valence-corrected chi connectivity index (χ0v) is 24.1. The van der Waals surface area contributed by atoms with Crippen LogP contribution in [0, 0.1) is 5.92 Å². The molecule has 0 aromatic heterocycles. The van der Waals surface area contributed by atoms with Crippen LogP contribution in [0.15, 0.2) is 30.3 Å². The largest absolute Gasteiger partial charge is 1.00 e. The van der Waals surface area contributed by atoms with Crippen molar-refractivity contribution in [1.82, 2.24) is 10.6 Å². The highest BCUT2D eigenvalue weighted by molar-refractivity contribution is 7.95. The van der Waals surface area contributed by atoms with Gasteiger partial charge in [0, 0.05) is 25.3 Å². The summed E-state index contributed by atoms with van der Waals surface area (Å²) in [5, 5.41) is 5.72. The lowest BCUT2D eigenvalue weighted by atomic mass is 9.80. The quantitative estimate of drug-likeness (QED) is 0.196. The molecule has 1 saturated carbocycles. The van der Waals surface area contributed by atoms with Crippen LogP contribution in [0.5, 0.6) is 0 Å². The summed E-state index contributed by atoms with van der Waals surface area (Å²) in [6, 6.07) is 8.13. The van der Waals surface area contributed by atoms with Crippen LogP contribution in [0.4, 0.5) is 4.79 Å². The minimum atomic E-state index is -0.795. The Balaban J connectivity index is 0.00000456. The Morgan fingerprint density at radius 1 is 1.14 bits per heavy atom. The number of halogens is 1. The van der Waals surface area contributed by atoms with E-state index in [-0.39, 0.29) is 60.0 Å². The Kier molecular flexibility index (Phi) is 12.8. The Morgan fingerprint density at radius 3 is 2.47 bits per heavy atom. The SMILES string of the molecule is CCOC(=O)[C@@H]1CC2(CC[C@@H]1NC(=O)[C@H](CC[S+](C)C)NC(=O)OCc1ccccc1)OCCO2.[I-]. The predicted octanol–water partition coefficient (Wildman–Crippen LogP) is -0.855. The standard InChI is InChI=1S/C25H36N2O7S.HI/c1-4-31-23(29)19-16-25(33-13-14-34-25)12-10-20(19)26-22(28)21(11-15-35(2)3)27-24(30)32-17-18-8-6-5-7-9-18;/h5-9,19-21H,4,10-17H2,1-3H3,(H-,26,27,28,30);1H/t19-,20+,21+;/m1./s1. The summed E-state index contributed by atoms with van der Waals surface area (Å²) in [7, 11) is 0.0901. The molecule has 0 unspecified atom stereocenters. The van der Waals surface area contributed by atoms with Crippen molar-refractivity contribution < 1.29 is 57.3 Å². The van der Waals surface area contributed by atoms with E-state index in [0.717, 1.165) is 11.3 Å². The number of hydrogen-bond acceptors (Lipinski definition) is 7. The molecule has 1 saturated heterocycles. The van der Waals surface area contributed by atoms with Gasteiger partial charge in [-0.15, -0.1) is 0 Å². The first-order chi connectivity index (χ1) is 16.8. The molecule has 1 aromatic carbocycles. The second-order valence-corrected chi connectivity index (χ2v) is 11.4. The van der Waals surface area contributed by atoms with E-state index in [0.29, 0.717) is 38.9 Å². The zero-order chi connectivity index (χ0) is 25.3. The summed E-state index contributed by atoms with van der Waals surface area (Å²) in [5.41, 5.74) is 0.858. The van der Waals surface area contributed by atoms with Crippen LogP contribution in [0.2, 0.25) is 0 Å². The first kappa shape index (κ1) is 30.7. The normalized spacial score (nSPS) is 21.3. The maximum atomic E-state index is 13.3. The molecule has 0 bridgehead atoms. The molecule has 0 radical (unpaired) electrons. The first-order valence-corrected chi connectivity index (χ1v) is 14.3. The van der Waals surface area contributed by atoms with Gasteiger partial charge in [0.15, 0.2) is 5.79 Å². The average molecular weight is 637 g/mol. The van der Waals surface area contributed by atoms with Gasteiger partial charge >= 0.3 is 12.1 Å². The second kappa shape index (κ2) is 15.0. The molecule has 36 heavy (non-hydrogen) atoms. The molecule has 1 aliphatic heterocycles. The molecule has 2 amide bonds. The van der Waals surface area contributed by atoms with Gasteiger partial charge < -0.3 is 53.6 Å². The second-order valence-electron chi connectivity index (χ2n) is 9.06. The van der Waals surface area contributed by atoms with Crippen LogP contribution < -0.4 is 34.6 Å². The van der Waals surface area contributed by atoms with Crippen molar-refractivity contribution in [3.8, 4) is 0 Å². The van der Waals surface area contributed by atoms with Crippen LogP contribution in [0.3, 0.4) is 0 Å². The molecule has 202 valence electrons. The molecule has 1 heterocycles. The van der Waals surface area contributed by atoms with Crippen molar-refractivity contribution in [2.45, 2.75) is 57.1 Å². The van der Waals surface area contributed by atoms with Gasteiger partial charge in [-0.05, 0) is 29.8 Å². The van der Waals surface area contributed by atoms with Crippen molar-refractivity contribution in [1.29, 1.82) is 0 Å². The third-order valence-corrected chi connectivity index (χ3v) is 7.27. The fourth-order valence-corrected chi connectivity index (χ4v) is 5.10. The molecule has 1 aliphatic carbocycles. The lowest BCUT2D eigenvalue weighted by molar-refractivity contribution is -0.199. The number of carbonyl (C=O) groups is 3. The smallest absolute Gasteiger partial charge is 0.408 e. The number of amides is 2. The maximum absolute atomic E-state index is 13.3. The van der Waals surface area contributed by atoms with Crippen molar-refractivity contribution in [3.05, 3.63) is 35.9 Å². The van der Waals surface area contributed by atoms with E-state index in [2.05, 4.69) is 23.1 Å². The van der Waals surface area contributed by atoms with Crippen molar-refractivity contribution in [2.75, 3.05) is 38.1 Å². The third kappa shape index (κ3) is 9.07. The molecule has 9 nitrogen and oxygen atoms in total. The Hall–Kier alpha value is -1.57. The van der Waals surface area contributed by atoms with E-state index in [4.69, 9.17) is 18.9 Å². The number of nitrogens with one attached hydrogen (secondary N) is 2. The van der Waals surface area contributed by atoms with E-state index in [1.165, 1.54) is 0 Å². The predicted molar refractivity (Wildman–Crippen MR) is 133 cm³/mol. The lowest BCUT2D eigenvalue weighted by Crippen LogP contribution is -3.00. The van der Waals surface area contributed by atoms with Gasteiger partial charge in [0.2, 0.25) is 5.91 Å². The summed E-state index contributed by atoms with van der Waals surface area (Å²) in [6.07, 6.45) is 5.38. The summed E-state index contributed by atoms with van der Waals surface area (Å²) < 4.78 is 22.2. The van der Waals surface area contributed by atoms with Gasteiger partial charge in [0.1, 0.15) is 18.4 Å². The summed E-state index contributed by atoms with van der Waals surface area (Å²) in [5.74, 6) is -1.34. The highest BCUT2D eigenvalue weighted by Crippen LogP contribution is 2.39. The molecule has 1 aromatic rings. The van der Waals surface area contributed by atoms with Crippen LogP contribution in [0.1, 0.15) is 38.2 Å². The highest BCUT2D eigenvalue weighted by Gasteiger charge is 2.48. The molecular formula is C25H37IN2O7S. The van der Waals surface area contributed by atoms with Crippen LogP contribution in [-0.2, 0) is 46.0 Å². The molecule has 2 aliphatic rings. The number of carbonyl (C=O) groups excluding carboxylic acids is 3. The van der Waals surface area contributed by atoms with E-state index in [1.807, 2.05) is 30.3 Å². The van der Waals surface area contributed by atoms with E-state index in [1.54, 1.807) is 6.92 Å². The molecule has 3 rings (SSSR count). The number of esters is 1. The van der Waals surface area contributed by atoms with Gasteiger partial charge in [0.25, 0.3) is 0 Å². The molecular weight excluding hydrogens is 599 g/mol. The van der Waals surface area contributed by atoms with E-state index in [9.17, 15) is 14.4 Å². The maximum Gasteiger partial charge on any atom is 0.408 e. The van der Waals surface area contributed by atoms with Crippen LogP contribution >= 0.6 is 0 Å². The third-order valence-electron chi connectivity index (χ3n) is 6.22. The molecule has 1 spiro atoms. The van der Waals surface area contributed by atoms with Gasteiger partial charge in [-0.2, -0.15) is 0 Å². The average Bonchev–Trinajstić information content (AvgIpc) is 3.30. The monoisotopic (exact) mass is 636 g/mol. The molecule has 2 fully saturated rings. The summed E-state index contributed by atoms with van der Waals surface area (Å²) in [4.78, 5) is 38.5. The Bertz CT molecular complexity index is 852. The van der Waals surface area contributed by atoms with Crippen LogP contribution in [0.25, 0.3) is 0 Å². The Labute approximate surface area is 233 Å². The van der Waals surface area contributed by atoms with Gasteiger partial charge in [-0.1, -0.05) is 30.3 Å². The van der Waals surface area contributed by atoms with Crippen molar-refractivity contribution in [2.24, 2.45) is 5.92 Å². The number of hydrogen-bond donors (Lipinski definition) is 2.